The van der Waals surface area contributed by atoms with Gasteiger partial charge < -0.3 is 0 Å². The second-order valence-electron chi connectivity index (χ2n) is 9.74. The molecule has 0 aliphatic rings. The Hall–Kier alpha value is -2.38. The molecule has 5 aromatic rings. The Labute approximate surface area is 202 Å². The van der Waals surface area contributed by atoms with Gasteiger partial charge in [0, 0.05) is 20.2 Å². The number of unbranched alkanes of at least 4 members (excludes halogenated alkanes) is 6. The molecule has 0 aliphatic heterocycles. The highest BCUT2D eigenvalue weighted by Gasteiger charge is 2.11. The van der Waals surface area contributed by atoms with E-state index in [2.05, 4.69) is 74.5 Å². The van der Waals surface area contributed by atoms with Crippen LogP contribution < -0.4 is 0 Å². The van der Waals surface area contributed by atoms with E-state index in [4.69, 9.17) is 0 Å². The highest BCUT2D eigenvalue weighted by molar-refractivity contribution is 7.26. The van der Waals surface area contributed by atoms with Crippen LogP contribution in [0.1, 0.15) is 76.3 Å². The van der Waals surface area contributed by atoms with Crippen molar-refractivity contribution >= 4 is 53.1 Å². The number of aryl methyl sites for hydroxylation is 2. The van der Waals surface area contributed by atoms with Crippen LogP contribution in [0.5, 0.6) is 0 Å². The predicted octanol–water partition coefficient (Wildman–Crippen LogP) is 10.6. The van der Waals surface area contributed by atoms with E-state index in [1.165, 1.54) is 106 Å². The van der Waals surface area contributed by atoms with Crippen molar-refractivity contribution in [3.05, 3.63) is 71.8 Å². The van der Waals surface area contributed by atoms with E-state index in [1.54, 1.807) is 11.1 Å². The smallest absolute Gasteiger partial charge is 0.0361 e. The van der Waals surface area contributed by atoms with E-state index in [0.717, 1.165) is 0 Å². The number of thiophene rings is 1. The molecular weight excluding hydrogens is 416 g/mol. The molecule has 0 atom stereocenters. The van der Waals surface area contributed by atoms with Crippen molar-refractivity contribution in [3.63, 3.8) is 0 Å². The zero-order valence-corrected chi connectivity index (χ0v) is 21.1. The van der Waals surface area contributed by atoms with Crippen LogP contribution in [0.2, 0.25) is 0 Å². The fraction of sp³-hybridized carbons (Fsp3) is 0.375. The van der Waals surface area contributed by atoms with Crippen LogP contribution in [0.25, 0.3) is 41.7 Å². The van der Waals surface area contributed by atoms with Gasteiger partial charge in [0.1, 0.15) is 0 Å². The standard InChI is InChI=1S/C32H36S/c1-3-5-7-9-13-23-17-27-20-30-29-19-25-15-11-12-16-26(25)21-31(29)33-32(30)22-28(27)18-24(23)14-10-8-6-4-2/h11-12,15-22H,3-10,13-14H2,1-2H3. The molecule has 0 radical (unpaired) electrons. The largest absolute Gasteiger partial charge is 0.135 e. The summed E-state index contributed by atoms with van der Waals surface area (Å²) in [5.41, 5.74) is 3.20. The molecule has 0 nitrogen and oxygen atoms in total. The van der Waals surface area contributed by atoms with Gasteiger partial charge in [0.15, 0.2) is 0 Å². The van der Waals surface area contributed by atoms with Gasteiger partial charge in [-0.3, -0.25) is 0 Å². The third-order valence-corrected chi connectivity index (χ3v) is 8.33. The minimum Gasteiger partial charge on any atom is -0.135 e. The SMILES string of the molecule is CCCCCCc1cc2cc3sc4cc5ccccc5cc4c3cc2cc1CCCCCC. The first-order valence-corrected chi connectivity index (χ1v) is 13.9. The summed E-state index contributed by atoms with van der Waals surface area (Å²) in [4.78, 5) is 0. The normalized spacial score (nSPS) is 11.9. The molecule has 1 heterocycles. The van der Waals surface area contributed by atoms with Gasteiger partial charge in [-0.25, -0.2) is 0 Å². The molecule has 4 aromatic carbocycles. The van der Waals surface area contributed by atoms with E-state index < -0.39 is 0 Å². The maximum Gasteiger partial charge on any atom is 0.0361 e. The van der Waals surface area contributed by atoms with Crippen molar-refractivity contribution in [1.29, 1.82) is 0 Å². The third kappa shape index (κ3) is 4.80. The number of fused-ring (bicyclic) bond motifs is 5. The van der Waals surface area contributed by atoms with Gasteiger partial charge >= 0.3 is 0 Å². The summed E-state index contributed by atoms with van der Waals surface area (Å²) in [6, 6.07) is 23.5. The highest BCUT2D eigenvalue weighted by atomic mass is 32.1. The molecule has 0 amide bonds. The zero-order valence-electron chi connectivity index (χ0n) is 20.3. The molecule has 0 fully saturated rings. The maximum atomic E-state index is 2.53. The Morgan fingerprint density at radius 2 is 1.00 bits per heavy atom. The molecule has 0 saturated heterocycles. The van der Waals surface area contributed by atoms with Gasteiger partial charge in [0.05, 0.1) is 0 Å². The minimum absolute atomic E-state index is 1.23. The molecule has 0 aliphatic carbocycles. The first-order chi connectivity index (χ1) is 16.3. The summed E-state index contributed by atoms with van der Waals surface area (Å²) in [6.07, 6.45) is 13.1. The van der Waals surface area contributed by atoms with E-state index in [1.807, 2.05) is 11.3 Å². The van der Waals surface area contributed by atoms with Gasteiger partial charge in [-0.2, -0.15) is 0 Å². The zero-order chi connectivity index (χ0) is 22.6. The van der Waals surface area contributed by atoms with E-state index in [9.17, 15) is 0 Å². The van der Waals surface area contributed by atoms with Gasteiger partial charge in [-0.1, -0.05) is 88.8 Å². The molecule has 0 unspecified atom stereocenters. The first kappa shape index (κ1) is 22.4. The lowest BCUT2D eigenvalue weighted by Gasteiger charge is -2.13. The lowest BCUT2D eigenvalue weighted by atomic mass is 9.92. The number of hydrogen-bond acceptors (Lipinski definition) is 1. The van der Waals surface area contributed by atoms with Crippen LogP contribution in [0.4, 0.5) is 0 Å². The number of benzene rings is 4. The first-order valence-electron chi connectivity index (χ1n) is 13.1. The quantitative estimate of drug-likeness (QED) is 0.185. The van der Waals surface area contributed by atoms with Gasteiger partial charge in [-0.05, 0) is 82.6 Å². The monoisotopic (exact) mass is 452 g/mol. The molecule has 170 valence electrons. The van der Waals surface area contributed by atoms with Crippen molar-refractivity contribution in [3.8, 4) is 0 Å². The Balaban J connectivity index is 1.57. The number of hydrogen-bond donors (Lipinski definition) is 0. The van der Waals surface area contributed by atoms with Crippen LogP contribution in [-0.2, 0) is 12.8 Å². The summed E-state index contributed by atoms with van der Waals surface area (Å²) in [6.45, 7) is 4.60. The van der Waals surface area contributed by atoms with E-state index in [-0.39, 0.29) is 0 Å². The Kier molecular flexibility index (Phi) is 6.97. The average molecular weight is 453 g/mol. The van der Waals surface area contributed by atoms with Crippen LogP contribution in [-0.4, -0.2) is 0 Å². The summed E-state index contributed by atoms with van der Waals surface area (Å²) >= 11 is 1.95. The molecule has 33 heavy (non-hydrogen) atoms. The highest BCUT2D eigenvalue weighted by Crippen LogP contribution is 2.39. The van der Waals surface area contributed by atoms with E-state index >= 15 is 0 Å². The third-order valence-electron chi connectivity index (χ3n) is 7.21. The summed E-state index contributed by atoms with van der Waals surface area (Å²) in [5.74, 6) is 0. The molecule has 0 N–H and O–H groups in total. The van der Waals surface area contributed by atoms with Gasteiger partial charge in [0.25, 0.3) is 0 Å². The van der Waals surface area contributed by atoms with Crippen molar-refractivity contribution in [2.75, 3.05) is 0 Å². The van der Waals surface area contributed by atoms with Crippen LogP contribution in [0.3, 0.4) is 0 Å². The topological polar surface area (TPSA) is 0 Å². The second-order valence-corrected chi connectivity index (χ2v) is 10.8. The van der Waals surface area contributed by atoms with Crippen molar-refractivity contribution in [2.45, 2.75) is 78.1 Å². The van der Waals surface area contributed by atoms with Crippen molar-refractivity contribution in [2.24, 2.45) is 0 Å². The fourth-order valence-corrected chi connectivity index (χ4v) is 6.47. The molecule has 5 rings (SSSR count). The van der Waals surface area contributed by atoms with Crippen LogP contribution >= 0.6 is 11.3 Å². The van der Waals surface area contributed by atoms with Crippen molar-refractivity contribution in [1.82, 2.24) is 0 Å². The molecule has 1 aromatic heterocycles. The molecular formula is C32H36S. The average Bonchev–Trinajstić information content (AvgIpc) is 3.17. The fourth-order valence-electron chi connectivity index (χ4n) is 5.30. The summed E-state index contributed by atoms with van der Waals surface area (Å²) < 4.78 is 2.82. The van der Waals surface area contributed by atoms with Gasteiger partial charge in [0.2, 0.25) is 0 Å². The summed E-state index contributed by atoms with van der Waals surface area (Å²) in [7, 11) is 0. The maximum absolute atomic E-state index is 2.53. The van der Waals surface area contributed by atoms with Crippen LogP contribution in [0.15, 0.2) is 60.7 Å². The second kappa shape index (κ2) is 10.3. The Bertz CT molecular complexity index is 1390. The molecule has 0 spiro atoms. The molecule has 1 heteroatoms. The van der Waals surface area contributed by atoms with E-state index in [0.29, 0.717) is 0 Å². The lowest BCUT2D eigenvalue weighted by molar-refractivity contribution is 0.651. The Morgan fingerprint density at radius 1 is 0.515 bits per heavy atom. The number of rotatable bonds is 10. The molecule has 0 bridgehead atoms. The van der Waals surface area contributed by atoms with Crippen molar-refractivity contribution < 1.29 is 0 Å². The lowest BCUT2D eigenvalue weighted by Crippen LogP contribution is -1.96. The van der Waals surface area contributed by atoms with Crippen LogP contribution in [0, 0.1) is 0 Å². The summed E-state index contributed by atoms with van der Waals surface area (Å²) in [5, 5.41) is 8.33. The predicted molar refractivity (Wildman–Crippen MR) is 150 cm³/mol. The molecule has 0 saturated carbocycles. The Morgan fingerprint density at radius 3 is 1.58 bits per heavy atom. The van der Waals surface area contributed by atoms with Gasteiger partial charge in [-0.15, -0.1) is 11.3 Å². The minimum atomic E-state index is 1.23.